The van der Waals surface area contributed by atoms with E-state index in [9.17, 15) is 4.79 Å². The SMILES string of the molecule is NC1(C(=O)NCCc2ncon2)CCOCC1. The van der Waals surface area contributed by atoms with Crippen LogP contribution in [0.1, 0.15) is 18.7 Å². The number of nitrogens with zero attached hydrogens (tertiary/aromatic N) is 2. The van der Waals surface area contributed by atoms with E-state index in [1.807, 2.05) is 0 Å². The minimum atomic E-state index is -0.796. The Morgan fingerprint density at radius 3 is 2.94 bits per heavy atom. The van der Waals surface area contributed by atoms with Crippen LogP contribution in [0.15, 0.2) is 10.9 Å². The molecule has 1 aliphatic heterocycles. The molecule has 1 fully saturated rings. The van der Waals surface area contributed by atoms with Crippen molar-refractivity contribution in [1.82, 2.24) is 15.5 Å². The third-order valence-corrected chi connectivity index (χ3v) is 2.88. The molecule has 0 saturated carbocycles. The Morgan fingerprint density at radius 1 is 1.53 bits per heavy atom. The first-order chi connectivity index (χ1) is 8.21. The fourth-order valence-electron chi connectivity index (χ4n) is 1.73. The highest BCUT2D eigenvalue weighted by atomic mass is 16.5. The Morgan fingerprint density at radius 2 is 2.29 bits per heavy atom. The summed E-state index contributed by atoms with van der Waals surface area (Å²) in [7, 11) is 0. The van der Waals surface area contributed by atoms with Crippen molar-refractivity contribution in [3.05, 3.63) is 12.2 Å². The van der Waals surface area contributed by atoms with Crippen molar-refractivity contribution in [1.29, 1.82) is 0 Å². The molecular weight excluding hydrogens is 224 g/mol. The van der Waals surface area contributed by atoms with Crippen LogP contribution in [0.3, 0.4) is 0 Å². The van der Waals surface area contributed by atoms with E-state index in [0.717, 1.165) is 0 Å². The summed E-state index contributed by atoms with van der Waals surface area (Å²) < 4.78 is 9.78. The van der Waals surface area contributed by atoms with Gasteiger partial charge in [0.1, 0.15) is 0 Å². The first-order valence-electron chi connectivity index (χ1n) is 5.61. The van der Waals surface area contributed by atoms with E-state index >= 15 is 0 Å². The summed E-state index contributed by atoms with van der Waals surface area (Å²) in [6, 6.07) is 0. The fourth-order valence-corrected chi connectivity index (χ4v) is 1.73. The summed E-state index contributed by atoms with van der Waals surface area (Å²) in [6.45, 7) is 1.53. The van der Waals surface area contributed by atoms with E-state index < -0.39 is 5.54 Å². The predicted octanol–water partition coefficient (Wildman–Crippen LogP) is -0.764. The Labute approximate surface area is 98.7 Å². The van der Waals surface area contributed by atoms with Gasteiger partial charge in [0.05, 0.1) is 5.54 Å². The second-order valence-corrected chi connectivity index (χ2v) is 4.12. The average molecular weight is 240 g/mol. The minimum Gasteiger partial charge on any atom is -0.381 e. The van der Waals surface area contributed by atoms with Gasteiger partial charge in [-0.25, -0.2) is 0 Å². The molecule has 1 saturated heterocycles. The summed E-state index contributed by atoms with van der Waals surface area (Å²) in [5.74, 6) is 0.438. The van der Waals surface area contributed by atoms with Crippen LogP contribution < -0.4 is 11.1 Å². The number of carbonyl (C=O) groups is 1. The largest absolute Gasteiger partial charge is 0.381 e. The molecule has 3 N–H and O–H groups in total. The van der Waals surface area contributed by atoms with Gasteiger partial charge in [-0.3, -0.25) is 4.79 Å². The van der Waals surface area contributed by atoms with Gasteiger partial charge in [-0.15, -0.1) is 0 Å². The number of ether oxygens (including phenoxy) is 1. The lowest BCUT2D eigenvalue weighted by molar-refractivity contribution is -0.129. The van der Waals surface area contributed by atoms with Crippen LogP contribution in [0, 0.1) is 0 Å². The number of rotatable bonds is 4. The second-order valence-electron chi connectivity index (χ2n) is 4.12. The summed E-state index contributed by atoms with van der Waals surface area (Å²) in [4.78, 5) is 15.8. The smallest absolute Gasteiger partial charge is 0.240 e. The quantitative estimate of drug-likeness (QED) is 0.716. The van der Waals surface area contributed by atoms with Crippen molar-refractivity contribution in [2.45, 2.75) is 24.8 Å². The molecular formula is C10H16N4O3. The van der Waals surface area contributed by atoms with Crippen LogP contribution in [0.4, 0.5) is 0 Å². The lowest BCUT2D eigenvalue weighted by Gasteiger charge is -2.31. The van der Waals surface area contributed by atoms with Crippen LogP contribution in [-0.4, -0.2) is 41.3 Å². The zero-order valence-electron chi connectivity index (χ0n) is 9.52. The van der Waals surface area contributed by atoms with Gasteiger partial charge in [-0.05, 0) is 12.8 Å². The van der Waals surface area contributed by atoms with Gasteiger partial charge < -0.3 is 20.3 Å². The molecule has 0 spiro atoms. The van der Waals surface area contributed by atoms with E-state index in [2.05, 4.69) is 20.0 Å². The first-order valence-corrected chi connectivity index (χ1v) is 5.61. The molecule has 0 radical (unpaired) electrons. The average Bonchev–Trinajstić information content (AvgIpc) is 2.83. The van der Waals surface area contributed by atoms with Crippen molar-refractivity contribution < 1.29 is 14.1 Å². The van der Waals surface area contributed by atoms with E-state index in [0.29, 0.717) is 44.8 Å². The summed E-state index contributed by atoms with van der Waals surface area (Å²) in [6.07, 6.45) is 2.91. The molecule has 7 heteroatoms. The Bertz CT molecular complexity index is 360. The topological polar surface area (TPSA) is 103 Å². The molecule has 2 rings (SSSR count). The van der Waals surface area contributed by atoms with Gasteiger partial charge in [-0.1, -0.05) is 5.16 Å². The Hall–Kier alpha value is -1.47. The number of nitrogens with one attached hydrogen (secondary N) is 1. The van der Waals surface area contributed by atoms with Gasteiger partial charge in [-0.2, -0.15) is 4.98 Å². The lowest BCUT2D eigenvalue weighted by Crippen LogP contribution is -2.57. The molecule has 1 aliphatic rings. The zero-order valence-corrected chi connectivity index (χ0v) is 9.52. The number of amides is 1. The molecule has 94 valence electrons. The van der Waals surface area contributed by atoms with Crippen molar-refractivity contribution >= 4 is 5.91 Å². The highest BCUT2D eigenvalue weighted by Gasteiger charge is 2.35. The van der Waals surface area contributed by atoms with Gasteiger partial charge in [0.15, 0.2) is 5.82 Å². The highest BCUT2D eigenvalue weighted by Crippen LogP contribution is 2.17. The molecule has 1 aromatic heterocycles. The maximum absolute atomic E-state index is 11.9. The van der Waals surface area contributed by atoms with Gasteiger partial charge in [0, 0.05) is 26.2 Å². The number of nitrogens with two attached hydrogens (primary N) is 1. The van der Waals surface area contributed by atoms with Crippen LogP contribution in [0.25, 0.3) is 0 Å². The minimum absolute atomic E-state index is 0.135. The standard InChI is InChI=1S/C10H16N4O3/c11-10(2-5-16-6-3-10)9(15)12-4-1-8-13-7-17-14-8/h7H,1-6,11H2,(H,12,15). The van der Waals surface area contributed by atoms with Crippen molar-refractivity contribution in [2.75, 3.05) is 19.8 Å². The molecule has 1 amide bonds. The number of aromatic nitrogens is 2. The first kappa shape index (κ1) is 12.0. The molecule has 0 unspecified atom stereocenters. The third-order valence-electron chi connectivity index (χ3n) is 2.88. The number of carbonyl (C=O) groups excluding carboxylic acids is 1. The lowest BCUT2D eigenvalue weighted by atomic mass is 9.90. The molecule has 2 heterocycles. The fraction of sp³-hybridized carbons (Fsp3) is 0.700. The van der Waals surface area contributed by atoms with Gasteiger partial charge in [0.2, 0.25) is 12.3 Å². The number of hydrogen-bond donors (Lipinski definition) is 2. The zero-order chi connectivity index (χ0) is 12.1. The van der Waals surface area contributed by atoms with Crippen molar-refractivity contribution in [3.8, 4) is 0 Å². The summed E-state index contributed by atoms with van der Waals surface area (Å²) in [5, 5.41) is 6.44. The molecule has 17 heavy (non-hydrogen) atoms. The van der Waals surface area contributed by atoms with E-state index in [4.69, 9.17) is 10.5 Å². The van der Waals surface area contributed by atoms with Crippen LogP contribution >= 0.6 is 0 Å². The second kappa shape index (κ2) is 5.24. The van der Waals surface area contributed by atoms with E-state index in [1.54, 1.807) is 0 Å². The Kier molecular flexibility index (Phi) is 3.70. The van der Waals surface area contributed by atoms with Crippen molar-refractivity contribution in [3.63, 3.8) is 0 Å². The van der Waals surface area contributed by atoms with Gasteiger partial charge >= 0.3 is 0 Å². The van der Waals surface area contributed by atoms with Crippen LogP contribution in [0.2, 0.25) is 0 Å². The van der Waals surface area contributed by atoms with Gasteiger partial charge in [0.25, 0.3) is 0 Å². The van der Waals surface area contributed by atoms with E-state index in [1.165, 1.54) is 6.39 Å². The number of hydrogen-bond acceptors (Lipinski definition) is 6. The third kappa shape index (κ3) is 3.01. The molecule has 0 aliphatic carbocycles. The highest BCUT2D eigenvalue weighted by molar-refractivity contribution is 5.86. The molecule has 0 atom stereocenters. The maximum atomic E-state index is 11.9. The molecule has 1 aromatic rings. The summed E-state index contributed by atoms with van der Waals surface area (Å²) >= 11 is 0. The van der Waals surface area contributed by atoms with E-state index in [-0.39, 0.29) is 5.91 Å². The monoisotopic (exact) mass is 240 g/mol. The molecule has 0 bridgehead atoms. The molecule has 7 nitrogen and oxygen atoms in total. The maximum Gasteiger partial charge on any atom is 0.240 e. The summed E-state index contributed by atoms with van der Waals surface area (Å²) in [5.41, 5.74) is 5.22. The molecule has 0 aromatic carbocycles. The normalized spacial score (nSPS) is 18.9. The Balaban J connectivity index is 1.76. The predicted molar refractivity (Wildman–Crippen MR) is 58.0 cm³/mol. The van der Waals surface area contributed by atoms with Crippen LogP contribution in [-0.2, 0) is 16.0 Å². The van der Waals surface area contributed by atoms with Crippen LogP contribution in [0.5, 0.6) is 0 Å². The van der Waals surface area contributed by atoms with Crippen molar-refractivity contribution in [2.24, 2.45) is 5.73 Å².